The van der Waals surface area contributed by atoms with Crippen molar-refractivity contribution in [1.82, 2.24) is 19.6 Å². The summed E-state index contributed by atoms with van der Waals surface area (Å²) in [6.45, 7) is 4.54. The van der Waals surface area contributed by atoms with Gasteiger partial charge in [-0.25, -0.2) is 0 Å². The van der Waals surface area contributed by atoms with Crippen molar-refractivity contribution in [1.29, 1.82) is 0 Å². The van der Waals surface area contributed by atoms with E-state index in [1.54, 1.807) is 0 Å². The van der Waals surface area contributed by atoms with Gasteiger partial charge in [-0.1, -0.05) is 12.1 Å². The van der Waals surface area contributed by atoms with Crippen molar-refractivity contribution in [2.45, 2.75) is 38.9 Å². The number of rotatable bonds is 5. The Morgan fingerprint density at radius 3 is 2.67 bits per heavy atom. The zero-order valence-corrected chi connectivity index (χ0v) is 14.8. The van der Waals surface area contributed by atoms with Crippen LogP contribution in [0.25, 0.3) is 0 Å². The van der Waals surface area contributed by atoms with E-state index in [-0.39, 0.29) is 11.9 Å². The number of carbonyl (C=O) groups excluding carboxylic acids is 1. The highest BCUT2D eigenvalue weighted by Crippen LogP contribution is 2.22. The van der Waals surface area contributed by atoms with E-state index in [2.05, 4.69) is 22.1 Å². The second kappa shape index (κ2) is 7.18. The Kier molecular flexibility index (Phi) is 5.00. The topological polar surface area (TPSA) is 41.4 Å². The van der Waals surface area contributed by atoms with Crippen LogP contribution in [0, 0.1) is 6.92 Å². The highest BCUT2D eigenvalue weighted by atomic mass is 16.2. The highest BCUT2D eigenvalue weighted by Gasteiger charge is 2.29. The van der Waals surface area contributed by atoms with Crippen LogP contribution in [0.2, 0.25) is 0 Å². The first-order valence-electron chi connectivity index (χ1n) is 8.56. The van der Waals surface area contributed by atoms with Crippen molar-refractivity contribution in [2.24, 2.45) is 0 Å². The average molecular weight is 326 g/mol. The summed E-state index contributed by atoms with van der Waals surface area (Å²) >= 11 is 0. The van der Waals surface area contributed by atoms with Gasteiger partial charge in [-0.15, -0.1) is 0 Å². The molecule has 0 N–H and O–H groups in total. The van der Waals surface area contributed by atoms with Gasteiger partial charge in [0.05, 0.1) is 18.8 Å². The number of likely N-dealkylation sites (tertiary alicyclic amines) is 1. The Balaban J connectivity index is 1.68. The van der Waals surface area contributed by atoms with Gasteiger partial charge in [0.25, 0.3) is 5.91 Å². The molecule has 0 radical (unpaired) electrons. The molecule has 3 rings (SSSR count). The van der Waals surface area contributed by atoms with Crippen molar-refractivity contribution in [2.75, 3.05) is 20.6 Å². The minimum atomic E-state index is 0.137. The molecule has 5 nitrogen and oxygen atoms in total. The summed E-state index contributed by atoms with van der Waals surface area (Å²) in [4.78, 5) is 17.0. The molecule has 1 atom stereocenters. The summed E-state index contributed by atoms with van der Waals surface area (Å²) in [7, 11) is 4.09. The first-order valence-corrected chi connectivity index (χ1v) is 8.56. The van der Waals surface area contributed by atoms with Gasteiger partial charge in [0.1, 0.15) is 0 Å². The van der Waals surface area contributed by atoms with Crippen LogP contribution in [0.1, 0.15) is 34.3 Å². The van der Waals surface area contributed by atoms with E-state index in [0.717, 1.165) is 43.6 Å². The monoisotopic (exact) mass is 326 g/mol. The smallest absolute Gasteiger partial charge is 0.254 e. The van der Waals surface area contributed by atoms with Crippen LogP contribution < -0.4 is 0 Å². The fourth-order valence-corrected chi connectivity index (χ4v) is 3.36. The quantitative estimate of drug-likeness (QED) is 0.848. The number of nitrogens with zero attached hydrogens (tertiary/aromatic N) is 4. The van der Waals surface area contributed by atoms with Gasteiger partial charge in [-0.05, 0) is 57.1 Å². The van der Waals surface area contributed by atoms with Gasteiger partial charge in [0, 0.05) is 24.8 Å². The van der Waals surface area contributed by atoms with Crippen LogP contribution in [0.5, 0.6) is 0 Å². The maximum atomic E-state index is 12.9. The molecule has 1 fully saturated rings. The summed E-state index contributed by atoms with van der Waals surface area (Å²) in [6, 6.07) is 8.24. The van der Waals surface area contributed by atoms with E-state index in [1.807, 2.05) is 55.1 Å². The molecule has 0 bridgehead atoms. The lowest BCUT2D eigenvalue weighted by molar-refractivity contribution is 0.0721. The van der Waals surface area contributed by atoms with Crippen molar-refractivity contribution in [3.8, 4) is 0 Å². The van der Waals surface area contributed by atoms with Crippen molar-refractivity contribution in [3.63, 3.8) is 0 Å². The number of aromatic nitrogens is 2. The zero-order valence-electron chi connectivity index (χ0n) is 14.8. The van der Waals surface area contributed by atoms with E-state index in [1.165, 1.54) is 5.56 Å². The number of carbonyl (C=O) groups is 1. The number of hydrogen-bond donors (Lipinski definition) is 0. The molecular weight excluding hydrogens is 300 g/mol. The molecule has 2 heterocycles. The number of amides is 1. The van der Waals surface area contributed by atoms with Gasteiger partial charge in [-0.2, -0.15) is 5.10 Å². The molecule has 1 aliphatic heterocycles. The lowest BCUT2D eigenvalue weighted by Gasteiger charge is -2.25. The molecule has 2 aromatic rings. The molecule has 0 saturated carbocycles. The standard InChI is InChI=1S/C19H26N4O/c1-15-11-20-22(12-15)14-18-5-4-10-23(18)19(24)17-8-6-16(7-9-17)13-21(2)3/h6-9,11-12,18H,4-5,10,13-14H2,1-3H3/t18-/m1/s1. The van der Waals surface area contributed by atoms with Gasteiger partial charge in [0.2, 0.25) is 0 Å². The van der Waals surface area contributed by atoms with E-state index in [0.29, 0.717) is 0 Å². The Morgan fingerprint density at radius 1 is 1.29 bits per heavy atom. The predicted octanol–water partition coefficient (Wildman–Crippen LogP) is 2.56. The molecule has 0 unspecified atom stereocenters. The van der Waals surface area contributed by atoms with Gasteiger partial charge in [-0.3, -0.25) is 9.48 Å². The molecule has 1 aromatic carbocycles. The van der Waals surface area contributed by atoms with Gasteiger partial charge in [0.15, 0.2) is 0 Å². The Bertz CT molecular complexity index is 690. The van der Waals surface area contributed by atoms with Crippen LogP contribution in [-0.2, 0) is 13.1 Å². The van der Waals surface area contributed by atoms with E-state index < -0.39 is 0 Å². The lowest BCUT2D eigenvalue weighted by Crippen LogP contribution is -2.38. The largest absolute Gasteiger partial charge is 0.334 e. The second-order valence-corrected chi connectivity index (χ2v) is 6.97. The maximum absolute atomic E-state index is 12.9. The second-order valence-electron chi connectivity index (χ2n) is 6.97. The number of hydrogen-bond acceptors (Lipinski definition) is 3. The molecule has 1 saturated heterocycles. The first kappa shape index (κ1) is 16.7. The third kappa shape index (κ3) is 3.85. The normalized spacial score (nSPS) is 17.7. The highest BCUT2D eigenvalue weighted by molar-refractivity contribution is 5.94. The van der Waals surface area contributed by atoms with E-state index in [9.17, 15) is 4.79 Å². The minimum absolute atomic E-state index is 0.137. The fourth-order valence-electron chi connectivity index (χ4n) is 3.36. The summed E-state index contributed by atoms with van der Waals surface area (Å²) < 4.78 is 1.95. The van der Waals surface area contributed by atoms with Crippen molar-refractivity contribution >= 4 is 5.91 Å². The molecule has 5 heteroatoms. The molecule has 1 aliphatic rings. The molecule has 1 amide bonds. The SMILES string of the molecule is Cc1cnn(C[C@H]2CCCN2C(=O)c2ccc(CN(C)C)cc2)c1. The third-order valence-corrected chi connectivity index (χ3v) is 4.50. The lowest BCUT2D eigenvalue weighted by atomic mass is 10.1. The van der Waals surface area contributed by atoms with Gasteiger partial charge >= 0.3 is 0 Å². The molecule has 0 aliphatic carbocycles. The fraction of sp³-hybridized carbons (Fsp3) is 0.474. The summed E-state index contributed by atoms with van der Waals surface area (Å²) in [5, 5.41) is 4.36. The first-order chi connectivity index (χ1) is 11.5. The summed E-state index contributed by atoms with van der Waals surface area (Å²) in [6.07, 6.45) is 6.01. The molecule has 24 heavy (non-hydrogen) atoms. The minimum Gasteiger partial charge on any atom is -0.334 e. The molecule has 128 valence electrons. The van der Waals surface area contributed by atoms with Crippen molar-refractivity contribution < 1.29 is 4.79 Å². The molecular formula is C19H26N4O. The van der Waals surface area contributed by atoms with Crippen LogP contribution in [0.4, 0.5) is 0 Å². The Labute approximate surface area is 143 Å². The summed E-state index contributed by atoms with van der Waals surface area (Å²) in [5.74, 6) is 0.137. The zero-order chi connectivity index (χ0) is 17.1. The Morgan fingerprint density at radius 2 is 2.04 bits per heavy atom. The predicted molar refractivity (Wildman–Crippen MR) is 94.9 cm³/mol. The molecule has 1 aromatic heterocycles. The van der Waals surface area contributed by atoms with Crippen LogP contribution in [-0.4, -0.2) is 52.2 Å². The maximum Gasteiger partial charge on any atom is 0.254 e. The average Bonchev–Trinajstić information content (AvgIpc) is 3.16. The van der Waals surface area contributed by atoms with Crippen LogP contribution >= 0.6 is 0 Å². The molecule has 0 spiro atoms. The number of aryl methyl sites for hydroxylation is 1. The third-order valence-electron chi connectivity index (χ3n) is 4.50. The van der Waals surface area contributed by atoms with Crippen LogP contribution in [0.15, 0.2) is 36.7 Å². The summed E-state index contributed by atoms with van der Waals surface area (Å²) in [5.41, 5.74) is 3.16. The number of benzene rings is 1. The van der Waals surface area contributed by atoms with E-state index in [4.69, 9.17) is 0 Å². The van der Waals surface area contributed by atoms with E-state index >= 15 is 0 Å². The van der Waals surface area contributed by atoms with Gasteiger partial charge < -0.3 is 9.80 Å². The Hall–Kier alpha value is -2.14. The van der Waals surface area contributed by atoms with Crippen LogP contribution in [0.3, 0.4) is 0 Å². The van der Waals surface area contributed by atoms with Crippen molar-refractivity contribution in [3.05, 3.63) is 53.3 Å².